The highest BCUT2D eigenvalue weighted by Crippen LogP contribution is 2.19. The minimum atomic E-state index is 0.337. The lowest BCUT2D eigenvalue weighted by atomic mass is 10.1. The first-order chi connectivity index (χ1) is 8.97. The highest BCUT2D eigenvalue weighted by molar-refractivity contribution is 7.80. The van der Waals surface area contributed by atoms with Gasteiger partial charge in [0.25, 0.3) is 0 Å². The van der Waals surface area contributed by atoms with E-state index in [1.807, 2.05) is 32.9 Å². The minimum absolute atomic E-state index is 0.337. The van der Waals surface area contributed by atoms with Gasteiger partial charge in [0.15, 0.2) is 0 Å². The molecule has 0 radical (unpaired) electrons. The third-order valence-corrected chi connectivity index (χ3v) is 2.91. The number of thiocarbonyl (C=S) groups is 1. The molecule has 2 rings (SSSR count). The van der Waals surface area contributed by atoms with Crippen molar-refractivity contribution in [2.75, 3.05) is 5.32 Å². The van der Waals surface area contributed by atoms with Crippen LogP contribution in [0.25, 0.3) is 0 Å². The summed E-state index contributed by atoms with van der Waals surface area (Å²) in [4.78, 5) is 4.78. The Morgan fingerprint density at radius 3 is 2.68 bits per heavy atom. The molecule has 0 aliphatic rings. The molecule has 0 bridgehead atoms. The van der Waals surface area contributed by atoms with Crippen LogP contribution >= 0.6 is 12.2 Å². The van der Waals surface area contributed by atoms with Crippen molar-refractivity contribution < 1.29 is 4.52 Å². The summed E-state index contributed by atoms with van der Waals surface area (Å²) in [6.45, 7) is 6.27. The van der Waals surface area contributed by atoms with E-state index in [9.17, 15) is 0 Å². The molecule has 19 heavy (non-hydrogen) atoms. The van der Waals surface area contributed by atoms with E-state index >= 15 is 0 Å². The zero-order valence-corrected chi connectivity index (χ0v) is 12.0. The van der Waals surface area contributed by atoms with Crippen LogP contribution in [0, 0.1) is 20.8 Å². The van der Waals surface area contributed by atoms with Crippen molar-refractivity contribution in [1.29, 1.82) is 0 Å². The summed E-state index contributed by atoms with van der Waals surface area (Å²) in [5.41, 5.74) is 9.27. The summed E-state index contributed by atoms with van der Waals surface area (Å²) < 4.78 is 5.02. The summed E-state index contributed by atoms with van der Waals surface area (Å²) in [6, 6.07) is 3.83. The number of aryl methyl sites for hydroxylation is 3. The molecule has 0 fully saturated rings. The zero-order chi connectivity index (χ0) is 14.0. The third-order valence-electron chi connectivity index (χ3n) is 2.70. The van der Waals surface area contributed by atoms with Gasteiger partial charge in [0.2, 0.25) is 0 Å². The normalized spacial score (nSPS) is 10.5. The average Bonchev–Trinajstić information content (AvgIpc) is 2.71. The van der Waals surface area contributed by atoms with E-state index in [0.717, 1.165) is 28.3 Å². The molecule has 3 N–H and O–H groups in total. The van der Waals surface area contributed by atoms with Crippen LogP contribution in [0.4, 0.5) is 5.82 Å². The largest absolute Gasteiger partial charge is 0.389 e. The van der Waals surface area contributed by atoms with Crippen molar-refractivity contribution in [3.63, 3.8) is 0 Å². The van der Waals surface area contributed by atoms with Crippen molar-refractivity contribution in [3.05, 3.63) is 40.4 Å². The number of anilines is 1. The molecule has 2 aromatic rings. The van der Waals surface area contributed by atoms with Crippen LogP contribution in [0.2, 0.25) is 0 Å². The van der Waals surface area contributed by atoms with E-state index in [2.05, 4.69) is 15.5 Å². The van der Waals surface area contributed by atoms with Crippen LogP contribution in [0.5, 0.6) is 0 Å². The minimum Gasteiger partial charge on any atom is -0.389 e. The molecule has 0 atom stereocenters. The first-order valence-electron chi connectivity index (χ1n) is 5.91. The molecule has 0 aliphatic carbocycles. The van der Waals surface area contributed by atoms with Crippen molar-refractivity contribution in [1.82, 2.24) is 10.1 Å². The van der Waals surface area contributed by atoms with Crippen molar-refractivity contribution >= 4 is 23.0 Å². The van der Waals surface area contributed by atoms with Crippen LogP contribution in [0.3, 0.4) is 0 Å². The van der Waals surface area contributed by atoms with Gasteiger partial charge < -0.3 is 15.6 Å². The topological polar surface area (TPSA) is 77.0 Å². The van der Waals surface area contributed by atoms with Crippen LogP contribution < -0.4 is 11.1 Å². The van der Waals surface area contributed by atoms with E-state index < -0.39 is 0 Å². The maximum absolute atomic E-state index is 5.76. The van der Waals surface area contributed by atoms with Crippen molar-refractivity contribution in [3.8, 4) is 0 Å². The molecule has 6 heteroatoms. The number of hydrogen-bond donors (Lipinski definition) is 2. The SMILES string of the molecule is Cc1cc(C)c(C(N)=S)c(NCc2cc(C)on2)n1. The van der Waals surface area contributed by atoms with Crippen LogP contribution in [-0.2, 0) is 6.54 Å². The molecular weight excluding hydrogens is 260 g/mol. The Kier molecular flexibility index (Phi) is 3.80. The molecule has 0 aromatic carbocycles. The van der Waals surface area contributed by atoms with E-state index in [1.54, 1.807) is 0 Å². The summed E-state index contributed by atoms with van der Waals surface area (Å²) in [7, 11) is 0. The first kappa shape index (κ1) is 13.5. The van der Waals surface area contributed by atoms with Gasteiger partial charge in [0.1, 0.15) is 22.3 Å². The number of nitrogens with one attached hydrogen (secondary N) is 1. The van der Waals surface area contributed by atoms with E-state index in [1.165, 1.54) is 0 Å². The number of rotatable bonds is 4. The van der Waals surface area contributed by atoms with Gasteiger partial charge in [-0.25, -0.2) is 4.98 Å². The van der Waals surface area contributed by atoms with E-state index in [0.29, 0.717) is 17.4 Å². The van der Waals surface area contributed by atoms with E-state index in [-0.39, 0.29) is 0 Å². The fraction of sp³-hybridized carbons (Fsp3) is 0.308. The monoisotopic (exact) mass is 276 g/mol. The highest BCUT2D eigenvalue weighted by atomic mass is 32.1. The number of aromatic nitrogens is 2. The molecular formula is C13H16N4OS. The van der Waals surface area contributed by atoms with Gasteiger partial charge in [-0.05, 0) is 32.4 Å². The van der Waals surface area contributed by atoms with Gasteiger partial charge in [-0.15, -0.1) is 0 Å². The van der Waals surface area contributed by atoms with Gasteiger partial charge in [-0.3, -0.25) is 0 Å². The Morgan fingerprint density at radius 1 is 1.37 bits per heavy atom. The maximum atomic E-state index is 5.76. The fourth-order valence-corrected chi connectivity index (χ4v) is 2.21. The van der Waals surface area contributed by atoms with Crippen LogP contribution in [0.15, 0.2) is 16.7 Å². The number of nitrogens with two attached hydrogens (primary N) is 1. The Balaban J connectivity index is 2.26. The first-order valence-corrected chi connectivity index (χ1v) is 6.32. The summed E-state index contributed by atoms with van der Waals surface area (Å²) >= 11 is 5.08. The molecule has 100 valence electrons. The maximum Gasteiger partial charge on any atom is 0.137 e. The van der Waals surface area contributed by atoms with Gasteiger partial charge in [-0.1, -0.05) is 17.4 Å². The molecule has 0 unspecified atom stereocenters. The Hall–Kier alpha value is -1.95. The summed E-state index contributed by atoms with van der Waals surface area (Å²) in [5.74, 6) is 1.46. The van der Waals surface area contributed by atoms with Gasteiger partial charge in [-0.2, -0.15) is 0 Å². The summed E-state index contributed by atoms with van der Waals surface area (Å²) in [6.07, 6.45) is 0. The van der Waals surface area contributed by atoms with Crippen molar-refractivity contribution in [2.45, 2.75) is 27.3 Å². The Bertz CT molecular complexity index is 621. The zero-order valence-electron chi connectivity index (χ0n) is 11.2. The molecule has 5 nitrogen and oxygen atoms in total. The second kappa shape index (κ2) is 5.36. The smallest absolute Gasteiger partial charge is 0.137 e. The van der Waals surface area contributed by atoms with Crippen LogP contribution in [0.1, 0.15) is 28.3 Å². The molecule has 2 heterocycles. The predicted octanol–water partition coefficient (Wildman–Crippen LogP) is 2.24. The van der Waals surface area contributed by atoms with Crippen LogP contribution in [-0.4, -0.2) is 15.1 Å². The number of nitrogens with zero attached hydrogens (tertiary/aromatic N) is 2. The second-order valence-electron chi connectivity index (χ2n) is 4.45. The quantitative estimate of drug-likeness (QED) is 0.834. The Morgan fingerprint density at radius 2 is 2.11 bits per heavy atom. The van der Waals surface area contributed by atoms with Gasteiger partial charge >= 0.3 is 0 Å². The average molecular weight is 276 g/mol. The molecule has 2 aromatic heterocycles. The third kappa shape index (κ3) is 3.08. The summed E-state index contributed by atoms with van der Waals surface area (Å²) in [5, 5.41) is 7.13. The van der Waals surface area contributed by atoms with E-state index in [4.69, 9.17) is 22.5 Å². The molecule has 0 saturated carbocycles. The van der Waals surface area contributed by atoms with Gasteiger partial charge in [0, 0.05) is 11.8 Å². The predicted molar refractivity (Wildman–Crippen MR) is 78.2 cm³/mol. The molecule has 0 aliphatic heterocycles. The molecule has 0 spiro atoms. The molecule has 0 amide bonds. The lowest BCUT2D eigenvalue weighted by molar-refractivity contribution is 0.391. The number of hydrogen-bond acceptors (Lipinski definition) is 5. The van der Waals surface area contributed by atoms with Crippen molar-refractivity contribution in [2.24, 2.45) is 5.73 Å². The lowest BCUT2D eigenvalue weighted by Gasteiger charge is -2.12. The molecule has 0 saturated heterocycles. The Labute approximate surface area is 117 Å². The second-order valence-corrected chi connectivity index (χ2v) is 4.89. The lowest BCUT2D eigenvalue weighted by Crippen LogP contribution is -2.16. The van der Waals surface area contributed by atoms with Gasteiger partial charge in [0.05, 0.1) is 12.1 Å². The highest BCUT2D eigenvalue weighted by Gasteiger charge is 2.11. The number of pyridine rings is 1. The fourth-order valence-electron chi connectivity index (χ4n) is 1.95. The standard InChI is InChI=1S/C13H16N4OS/c1-7-4-8(2)16-13(11(7)12(14)19)15-6-10-5-9(3)18-17-10/h4-5H,6H2,1-3H3,(H2,14,19)(H,15,16).